The summed E-state index contributed by atoms with van der Waals surface area (Å²) < 4.78 is 5.44. The first-order valence-corrected chi connectivity index (χ1v) is 29.9. The first-order valence-electron chi connectivity index (χ1n) is 29.9. The molecule has 0 rings (SSSR count). The summed E-state index contributed by atoms with van der Waals surface area (Å²) in [6.45, 7) is 9.69. The lowest BCUT2D eigenvalue weighted by Gasteiger charge is -2.12. The minimum atomic E-state index is -0.573. The molecule has 1 N–H and O–H groups in total. The molecule has 0 fully saturated rings. The highest BCUT2D eigenvalue weighted by Crippen LogP contribution is 2.20. The molecule has 4 heteroatoms. The summed E-state index contributed by atoms with van der Waals surface area (Å²) in [5.41, 5.74) is 0. The van der Waals surface area contributed by atoms with Gasteiger partial charge in [-0.3, -0.25) is 9.59 Å². The maximum Gasteiger partial charge on any atom is 0.306 e. The Labute approximate surface area is 404 Å². The summed E-state index contributed by atoms with van der Waals surface area (Å²) >= 11 is 0. The molecule has 0 aromatic rings. The fraction of sp³-hybridized carbons (Fsp3) is 0.967. The molecule has 0 aromatic heterocycles. The maximum absolute atomic E-state index is 11.9. The van der Waals surface area contributed by atoms with Crippen LogP contribution in [0.15, 0.2) is 0 Å². The Morgan fingerprint density at radius 1 is 0.297 bits per heavy atom. The number of esters is 1. The fourth-order valence-corrected chi connectivity index (χ4v) is 9.34. The van der Waals surface area contributed by atoms with Crippen molar-refractivity contribution in [1.29, 1.82) is 0 Å². The monoisotopic (exact) mass is 905 g/mol. The third-order valence-corrected chi connectivity index (χ3v) is 13.9. The van der Waals surface area contributed by atoms with Crippen LogP contribution in [0.2, 0.25) is 0 Å². The molecule has 1 unspecified atom stereocenters. The van der Waals surface area contributed by atoms with Gasteiger partial charge in [0.1, 0.15) is 0 Å². The van der Waals surface area contributed by atoms with Gasteiger partial charge < -0.3 is 9.84 Å². The highest BCUT2D eigenvalue weighted by Gasteiger charge is 2.16. The second kappa shape index (κ2) is 60.0. The number of rotatable bonds is 54. The molecule has 0 aliphatic rings. The molecule has 1 atom stereocenters. The van der Waals surface area contributed by atoms with Crippen LogP contribution in [-0.2, 0) is 14.3 Å². The van der Waals surface area contributed by atoms with Crippen molar-refractivity contribution in [3.8, 4) is 0 Å². The molecule has 384 valence electrons. The van der Waals surface area contributed by atoms with E-state index in [0.29, 0.717) is 13.0 Å². The summed E-state index contributed by atoms with van der Waals surface area (Å²) in [4.78, 5) is 23.2. The first-order chi connectivity index (χ1) is 31.5. The lowest BCUT2D eigenvalue weighted by atomic mass is 9.94. The zero-order valence-corrected chi connectivity index (χ0v) is 44.7. The average molecular weight is 906 g/mol. The van der Waals surface area contributed by atoms with E-state index in [1.54, 1.807) is 0 Å². The number of hydrogen-bond acceptors (Lipinski definition) is 3. The van der Waals surface area contributed by atoms with Gasteiger partial charge in [-0.05, 0) is 25.7 Å². The highest BCUT2D eigenvalue weighted by atomic mass is 16.5. The van der Waals surface area contributed by atoms with Crippen molar-refractivity contribution in [3.63, 3.8) is 0 Å². The van der Waals surface area contributed by atoms with Crippen LogP contribution < -0.4 is 0 Å². The number of carboxylic acid groups (broad SMARTS) is 1. The SMILES string of the molecule is CCCCCCCCCCCCCCCCC(CCCCCC)C(=O)O.CCCCCCCCCCCCCCCCCCOC(=O)CCCCCCCCCCCCCCCCC. The molecule has 0 amide bonds. The topological polar surface area (TPSA) is 63.6 Å². The molecule has 0 saturated heterocycles. The van der Waals surface area contributed by atoms with Crippen LogP contribution in [0.5, 0.6) is 0 Å². The number of hydrogen-bond donors (Lipinski definition) is 1. The molecule has 0 bridgehead atoms. The van der Waals surface area contributed by atoms with Crippen molar-refractivity contribution in [2.45, 2.75) is 362 Å². The largest absolute Gasteiger partial charge is 0.481 e. The molecule has 64 heavy (non-hydrogen) atoms. The van der Waals surface area contributed by atoms with Gasteiger partial charge in [-0.15, -0.1) is 0 Å². The zero-order chi connectivity index (χ0) is 46.9. The summed E-state index contributed by atoms with van der Waals surface area (Å²) in [6.07, 6.45) is 68.6. The van der Waals surface area contributed by atoms with Gasteiger partial charge in [-0.1, -0.05) is 329 Å². The van der Waals surface area contributed by atoms with E-state index >= 15 is 0 Å². The Hall–Kier alpha value is -1.06. The first kappa shape index (κ1) is 65.0. The Morgan fingerprint density at radius 3 is 0.750 bits per heavy atom. The molecule has 0 aliphatic heterocycles. The van der Waals surface area contributed by atoms with E-state index in [4.69, 9.17) is 4.74 Å². The molecular weight excluding hydrogens is 785 g/mol. The number of carboxylic acids is 1. The van der Waals surface area contributed by atoms with Crippen LogP contribution in [0.1, 0.15) is 362 Å². The van der Waals surface area contributed by atoms with Crippen molar-refractivity contribution in [1.82, 2.24) is 0 Å². The molecular formula is C60H120O4. The second-order valence-electron chi connectivity index (χ2n) is 20.5. The van der Waals surface area contributed by atoms with Crippen molar-refractivity contribution in [2.75, 3.05) is 6.61 Å². The third-order valence-electron chi connectivity index (χ3n) is 13.9. The van der Waals surface area contributed by atoms with Crippen molar-refractivity contribution < 1.29 is 19.4 Å². The van der Waals surface area contributed by atoms with Crippen molar-refractivity contribution in [3.05, 3.63) is 0 Å². The van der Waals surface area contributed by atoms with Crippen LogP contribution in [0.4, 0.5) is 0 Å². The van der Waals surface area contributed by atoms with Gasteiger partial charge in [0.2, 0.25) is 0 Å². The van der Waals surface area contributed by atoms with Gasteiger partial charge in [-0.25, -0.2) is 0 Å². The molecule has 0 spiro atoms. The van der Waals surface area contributed by atoms with Crippen molar-refractivity contribution >= 4 is 11.9 Å². The number of carbonyl (C=O) groups is 2. The summed E-state index contributed by atoms with van der Waals surface area (Å²) in [6, 6.07) is 0. The van der Waals surface area contributed by atoms with Gasteiger partial charge in [0.25, 0.3) is 0 Å². The lowest BCUT2D eigenvalue weighted by molar-refractivity contribution is -0.144. The predicted octanol–water partition coefficient (Wildman–Crippen LogP) is 21.6. The number of carbonyl (C=O) groups excluding carboxylic acids is 1. The van der Waals surface area contributed by atoms with E-state index in [9.17, 15) is 14.7 Å². The van der Waals surface area contributed by atoms with E-state index in [1.165, 1.54) is 289 Å². The summed E-state index contributed by atoms with van der Waals surface area (Å²) in [7, 11) is 0. The minimum Gasteiger partial charge on any atom is -0.481 e. The van der Waals surface area contributed by atoms with E-state index in [2.05, 4.69) is 27.7 Å². The fourth-order valence-electron chi connectivity index (χ4n) is 9.34. The van der Waals surface area contributed by atoms with E-state index < -0.39 is 5.97 Å². The maximum atomic E-state index is 11.9. The Morgan fingerprint density at radius 2 is 0.500 bits per heavy atom. The van der Waals surface area contributed by atoms with Crippen LogP contribution in [0.25, 0.3) is 0 Å². The van der Waals surface area contributed by atoms with Crippen molar-refractivity contribution in [2.24, 2.45) is 5.92 Å². The standard InChI is InChI=1S/C36H72O2.C24H48O2/c1-3-5-7-9-11-13-15-17-19-21-23-25-27-29-31-33-35-38-36(37)34-32-30-28-26-24-22-20-18-16-14-12-10-8-6-4-2;1-3-5-7-9-10-11-12-13-14-15-16-17-18-20-22-23(24(25)26)21-19-8-6-4-2/h3-35H2,1-2H3;23H,3-22H2,1-2H3,(H,25,26). The number of ether oxygens (including phenoxy) is 1. The van der Waals surface area contributed by atoms with Crippen LogP contribution >= 0.6 is 0 Å². The lowest BCUT2D eigenvalue weighted by Crippen LogP contribution is -2.13. The molecule has 4 nitrogen and oxygen atoms in total. The smallest absolute Gasteiger partial charge is 0.306 e. The molecule has 0 radical (unpaired) electrons. The van der Waals surface area contributed by atoms with E-state index in [-0.39, 0.29) is 11.9 Å². The summed E-state index contributed by atoms with van der Waals surface area (Å²) in [5.74, 6) is -0.638. The number of aliphatic carboxylic acids is 1. The Balaban J connectivity index is 0. The zero-order valence-electron chi connectivity index (χ0n) is 44.7. The second-order valence-corrected chi connectivity index (χ2v) is 20.5. The molecule has 0 aliphatic carbocycles. The normalized spacial score (nSPS) is 11.8. The van der Waals surface area contributed by atoms with Gasteiger partial charge in [0.05, 0.1) is 12.5 Å². The molecule has 0 aromatic carbocycles. The van der Waals surface area contributed by atoms with Gasteiger partial charge in [0, 0.05) is 6.42 Å². The molecule has 0 saturated carbocycles. The molecule has 0 heterocycles. The Kier molecular flexibility index (Phi) is 60.9. The predicted molar refractivity (Wildman–Crippen MR) is 285 cm³/mol. The van der Waals surface area contributed by atoms with Gasteiger partial charge in [-0.2, -0.15) is 0 Å². The van der Waals surface area contributed by atoms with Gasteiger partial charge in [0.15, 0.2) is 0 Å². The Bertz CT molecular complexity index is 857. The van der Waals surface area contributed by atoms with Crippen LogP contribution in [-0.4, -0.2) is 23.7 Å². The van der Waals surface area contributed by atoms with Crippen LogP contribution in [0, 0.1) is 5.92 Å². The van der Waals surface area contributed by atoms with E-state index in [1.807, 2.05) is 0 Å². The highest BCUT2D eigenvalue weighted by molar-refractivity contribution is 5.70. The van der Waals surface area contributed by atoms with Gasteiger partial charge >= 0.3 is 11.9 Å². The third kappa shape index (κ3) is 59.0. The van der Waals surface area contributed by atoms with Crippen LogP contribution in [0.3, 0.4) is 0 Å². The quantitative estimate of drug-likeness (QED) is 0.0488. The average Bonchev–Trinajstić information content (AvgIpc) is 3.29. The summed E-state index contributed by atoms with van der Waals surface area (Å²) in [5, 5.41) is 9.33. The number of unbranched alkanes of at least 4 members (excludes halogenated alkanes) is 45. The van der Waals surface area contributed by atoms with E-state index in [0.717, 1.165) is 38.5 Å². The minimum absolute atomic E-state index is 0.0284.